The van der Waals surface area contributed by atoms with E-state index in [1.54, 1.807) is 0 Å². The number of nitrogens with zero attached hydrogens (tertiary/aromatic N) is 1. The normalized spacial score (nSPS) is 20.4. The van der Waals surface area contributed by atoms with Crippen molar-refractivity contribution in [2.45, 2.75) is 39.0 Å². The van der Waals surface area contributed by atoms with Crippen molar-refractivity contribution in [2.24, 2.45) is 22.7 Å². The van der Waals surface area contributed by atoms with Crippen molar-refractivity contribution in [1.29, 1.82) is 0 Å². The molecule has 0 aliphatic heterocycles. The minimum atomic E-state index is -0.127. The molecule has 5 nitrogen and oxygen atoms in total. The van der Waals surface area contributed by atoms with E-state index in [-0.39, 0.29) is 23.6 Å². The number of amidine groups is 1. The van der Waals surface area contributed by atoms with Crippen LogP contribution in [0.5, 0.6) is 0 Å². The molecule has 0 spiro atoms. The van der Waals surface area contributed by atoms with Gasteiger partial charge < -0.3 is 16.3 Å². The van der Waals surface area contributed by atoms with Gasteiger partial charge >= 0.3 is 0 Å². The predicted octanol–water partition coefficient (Wildman–Crippen LogP) is 1.07. The monoisotopic (exact) mass is 227 g/mol. The summed E-state index contributed by atoms with van der Waals surface area (Å²) in [5.74, 6) is 0.298. The fourth-order valence-corrected chi connectivity index (χ4v) is 1.97. The van der Waals surface area contributed by atoms with Gasteiger partial charge in [-0.05, 0) is 12.8 Å². The number of hydrogen-bond donors (Lipinski definition) is 3. The average molecular weight is 227 g/mol. The van der Waals surface area contributed by atoms with Crippen molar-refractivity contribution in [2.75, 3.05) is 6.54 Å². The summed E-state index contributed by atoms with van der Waals surface area (Å²) in [4.78, 5) is 11.8. The predicted molar refractivity (Wildman–Crippen MR) is 62.2 cm³/mol. The van der Waals surface area contributed by atoms with E-state index in [0.717, 1.165) is 25.7 Å². The van der Waals surface area contributed by atoms with Gasteiger partial charge in [0.1, 0.15) is 5.84 Å². The van der Waals surface area contributed by atoms with Crippen molar-refractivity contribution in [3.63, 3.8) is 0 Å². The van der Waals surface area contributed by atoms with Crippen LogP contribution in [0.1, 0.15) is 39.0 Å². The van der Waals surface area contributed by atoms with Gasteiger partial charge in [-0.25, -0.2) is 0 Å². The summed E-state index contributed by atoms with van der Waals surface area (Å²) in [6, 6.07) is 0. The topological polar surface area (TPSA) is 87.7 Å². The fraction of sp³-hybridized carbons (Fsp3) is 0.818. The Morgan fingerprint density at radius 3 is 2.69 bits per heavy atom. The van der Waals surface area contributed by atoms with Gasteiger partial charge in [-0.15, -0.1) is 0 Å². The molecule has 0 radical (unpaired) electrons. The molecular weight excluding hydrogens is 206 g/mol. The standard InChI is InChI=1S/C11H21N3O2/c1-8(10(12)14-16)7-13-11(15)9-5-3-2-4-6-9/h8-9,16H,2-7H2,1H3,(H2,12,14)(H,13,15). The molecule has 4 N–H and O–H groups in total. The van der Waals surface area contributed by atoms with Crippen LogP contribution in [-0.4, -0.2) is 23.5 Å². The van der Waals surface area contributed by atoms with Gasteiger partial charge in [0.25, 0.3) is 0 Å². The molecule has 0 bridgehead atoms. The summed E-state index contributed by atoms with van der Waals surface area (Å²) in [7, 11) is 0. The third kappa shape index (κ3) is 3.72. The van der Waals surface area contributed by atoms with Gasteiger partial charge in [-0.1, -0.05) is 31.3 Å². The van der Waals surface area contributed by atoms with E-state index in [1.165, 1.54) is 6.42 Å². The van der Waals surface area contributed by atoms with Crippen LogP contribution >= 0.6 is 0 Å². The summed E-state index contributed by atoms with van der Waals surface area (Å²) in [5, 5.41) is 14.2. The number of carbonyl (C=O) groups excluding carboxylic acids is 1. The first-order valence-electron chi connectivity index (χ1n) is 5.90. The Morgan fingerprint density at radius 1 is 1.50 bits per heavy atom. The number of amides is 1. The lowest BCUT2D eigenvalue weighted by Crippen LogP contribution is -2.38. The first-order chi connectivity index (χ1) is 7.65. The zero-order valence-corrected chi connectivity index (χ0v) is 9.78. The van der Waals surface area contributed by atoms with E-state index in [1.807, 2.05) is 6.92 Å². The number of nitrogens with one attached hydrogen (secondary N) is 1. The van der Waals surface area contributed by atoms with Gasteiger partial charge in [0, 0.05) is 18.4 Å². The van der Waals surface area contributed by atoms with E-state index < -0.39 is 0 Å². The van der Waals surface area contributed by atoms with Crippen molar-refractivity contribution in [3.8, 4) is 0 Å². The second kappa shape index (κ2) is 6.35. The quantitative estimate of drug-likeness (QED) is 0.290. The number of carbonyl (C=O) groups is 1. The van der Waals surface area contributed by atoms with E-state index in [2.05, 4.69) is 10.5 Å². The molecule has 1 rings (SSSR count). The molecule has 5 heteroatoms. The second-order valence-corrected chi connectivity index (χ2v) is 4.51. The van der Waals surface area contributed by atoms with Crippen molar-refractivity contribution in [1.82, 2.24) is 5.32 Å². The summed E-state index contributed by atoms with van der Waals surface area (Å²) < 4.78 is 0. The van der Waals surface area contributed by atoms with Crippen LogP contribution in [0, 0.1) is 11.8 Å². The maximum atomic E-state index is 11.8. The lowest BCUT2D eigenvalue weighted by Gasteiger charge is -2.21. The highest BCUT2D eigenvalue weighted by atomic mass is 16.4. The molecule has 92 valence electrons. The molecule has 1 unspecified atom stereocenters. The Labute approximate surface area is 96.1 Å². The number of nitrogens with two attached hydrogens (primary N) is 1. The summed E-state index contributed by atoms with van der Waals surface area (Å²) >= 11 is 0. The number of oxime groups is 1. The first kappa shape index (κ1) is 12.8. The maximum Gasteiger partial charge on any atom is 0.223 e. The molecular formula is C11H21N3O2. The molecule has 16 heavy (non-hydrogen) atoms. The molecule has 0 heterocycles. The highest BCUT2D eigenvalue weighted by Crippen LogP contribution is 2.23. The minimum Gasteiger partial charge on any atom is -0.409 e. The molecule has 0 saturated heterocycles. The molecule has 1 atom stereocenters. The van der Waals surface area contributed by atoms with Gasteiger partial charge in [-0.2, -0.15) is 0 Å². The molecule has 1 saturated carbocycles. The third-order valence-electron chi connectivity index (χ3n) is 3.18. The highest BCUT2D eigenvalue weighted by molar-refractivity contribution is 5.83. The Kier molecular flexibility index (Phi) is 5.08. The van der Waals surface area contributed by atoms with Gasteiger partial charge in [-0.3, -0.25) is 4.79 Å². The van der Waals surface area contributed by atoms with E-state index >= 15 is 0 Å². The lowest BCUT2D eigenvalue weighted by atomic mass is 9.88. The largest absolute Gasteiger partial charge is 0.409 e. The lowest BCUT2D eigenvalue weighted by molar-refractivity contribution is -0.126. The Balaban J connectivity index is 2.28. The van der Waals surface area contributed by atoms with Crippen LogP contribution in [0.4, 0.5) is 0 Å². The second-order valence-electron chi connectivity index (χ2n) is 4.51. The summed E-state index contributed by atoms with van der Waals surface area (Å²) in [6.07, 6.45) is 5.51. The smallest absolute Gasteiger partial charge is 0.223 e. The number of rotatable bonds is 4. The van der Waals surface area contributed by atoms with E-state index in [9.17, 15) is 4.79 Å². The average Bonchev–Trinajstić information content (AvgIpc) is 2.35. The summed E-state index contributed by atoms with van der Waals surface area (Å²) in [5.41, 5.74) is 5.43. The molecule has 1 amide bonds. The Morgan fingerprint density at radius 2 is 2.12 bits per heavy atom. The zero-order valence-electron chi connectivity index (χ0n) is 9.78. The molecule has 1 aliphatic carbocycles. The van der Waals surface area contributed by atoms with Gasteiger partial charge in [0.05, 0.1) is 0 Å². The van der Waals surface area contributed by atoms with Crippen molar-refractivity contribution >= 4 is 11.7 Å². The van der Waals surface area contributed by atoms with Crippen LogP contribution < -0.4 is 11.1 Å². The van der Waals surface area contributed by atoms with Crippen LogP contribution in [-0.2, 0) is 4.79 Å². The first-order valence-corrected chi connectivity index (χ1v) is 5.90. The fourth-order valence-electron chi connectivity index (χ4n) is 1.97. The summed E-state index contributed by atoms with van der Waals surface area (Å²) in [6.45, 7) is 2.25. The van der Waals surface area contributed by atoms with Gasteiger partial charge in [0.2, 0.25) is 5.91 Å². The molecule has 0 aromatic heterocycles. The van der Waals surface area contributed by atoms with Crippen molar-refractivity contribution in [3.05, 3.63) is 0 Å². The van der Waals surface area contributed by atoms with Crippen LogP contribution in [0.3, 0.4) is 0 Å². The Hall–Kier alpha value is -1.26. The SMILES string of the molecule is CC(CNC(=O)C1CCCCC1)C(N)=NO. The van der Waals surface area contributed by atoms with E-state index in [0.29, 0.717) is 6.54 Å². The van der Waals surface area contributed by atoms with E-state index in [4.69, 9.17) is 10.9 Å². The van der Waals surface area contributed by atoms with Gasteiger partial charge in [0.15, 0.2) is 0 Å². The Bertz CT molecular complexity index is 260. The van der Waals surface area contributed by atoms with Crippen LogP contribution in [0.15, 0.2) is 5.16 Å². The van der Waals surface area contributed by atoms with Crippen LogP contribution in [0.2, 0.25) is 0 Å². The minimum absolute atomic E-state index is 0.109. The maximum absolute atomic E-state index is 11.8. The molecule has 0 aromatic carbocycles. The highest BCUT2D eigenvalue weighted by Gasteiger charge is 2.21. The number of hydrogen-bond acceptors (Lipinski definition) is 3. The zero-order chi connectivity index (χ0) is 12.0. The molecule has 1 fully saturated rings. The molecule has 1 aliphatic rings. The third-order valence-corrected chi connectivity index (χ3v) is 3.18. The van der Waals surface area contributed by atoms with Crippen molar-refractivity contribution < 1.29 is 10.0 Å². The van der Waals surface area contributed by atoms with Crippen LogP contribution in [0.25, 0.3) is 0 Å². The molecule has 0 aromatic rings.